The minimum atomic E-state index is -0.715. The maximum atomic E-state index is 10.7. The molecule has 118 valence electrons. The van der Waals surface area contributed by atoms with Crippen molar-refractivity contribution in [2.24, 2.45) is 0 Å². The van der Waals surface area contributed by atoms with E-state index in [9.17, 15) is 15.2 Å². The SMILES string of the molecule is CCNC(c1ccc([N+](=O)[O-])cc1)C(O)c1ccccc1.Cl. The number of hydrogen-bond acceptors (Lipinski definition) is 4. The van der Waals surface area contributed by atoms with Crippen molar-refractivity contribution < 1.29 is 10.0 Å². The van der Waals surface area contributed by atoms with Gasteiger partial charge in [-0.3, -0.25) is 10.1 Å². The summed E-state index contributed by atoms with van der Waals surface area (Å²) in [7, 11) is 0. The van der Waals surface area contributed by atoms with Gasteiger partial charge in [0.2, 0.25) is 0 Å². The summed E-state index contributed by atoms with van der Waals surface area (Å²) in [6.45, 7) is 2.64. The Labute approximate surface area is 135 Å². The van der Waals surface area contributed by atoms with Gasteiger partial charge in [-0.1, -0.05) is 49.4 Å². The number of nitrogens with zero attached hydrogens (tertiary/aromatic N) is 1. The number of nitrogens with one attached hydrogen (secondary N) is 1. The smallest absolute Gasteiger partial charge is 0.269 e. The lowest BCUT2D eigenvalue weighted by Gasteiger charge is -2.24. The Morgan fingerprint density at radius 2 is 1.68 bits per heavy atom. The molecule has 5 nitrogen and oxygen atoms in total. The Kier molecular flexibility index (Phi) is 6.98. The maximum absolute atomic E-state index is 10.7. The monoisotopic (exact) mass is 322 g/mol. The van der Waals surface area contributed by atoms with Gasteiger partial charge < -0.3 is 10.4 Å². The molecule has 2 atom stereocenters. The maximum Gasteiger partial charge on any atom is 0.269 e. The fraction of sp³-hybridized carbons (Fsp3) is 0.250. The van der Waals surface area contributed by atoms with Gasteiger partial charge in [0.05, 0.1) is 17.1 Å². The van der Waals surface area contributed by atoms with E-state index < -0.39 is 11.0 Å². The molecule has 2 rings (SSSR count). The van der Waals surface area contributed by atoms with Crippen molar-refractivity contribution in [3.05, 3.63) is 75.8 Å². The van der Waals surface area contributed by atoms with E-state index >= 15 is 0 Å². The Bertz CT molecular complexity index is 590. The normalized spacial score (nSPS) is 13.0. The van der Waals surface area contributed by atoms with Gasteiger partial charge in [0.15, 0.2) is 0 Å². The number of nitro groups is 1. The molecular weight excluding hydrogens is 304 g/mol. The molecule has 0 spiro atoms. The third-order valence-corrected chi connectivity index (χ3v) is 3.34. The van der Waals surface area contributed by atoms with Crippen LogP contribution in [0.1, 0.15) is 30.2 Å². The molecule has 0 aliphatic heterocycles. The number of rotatable bonds is 6. The van der Waals surface area contributed by atoms with Crippen LogP contribution in [0.2, 0.25) is 0 Å². The van der Waals surface area contributed by atoms with Crippen LogP contribution in [0.3, 0.4) is 0 Å². The standard InChI is InChI=1S/C16H18N2O3.ClH/c1-2-17-15(16(19)13-6-4-3-5-7-13)12-8-10-14(11-9-12)18(20)21;/h3-11,15-17,19H,2H2,1H3;1H. The largest absolute Gasteiger partial charge is 0.386 e. The highest BCUT2D eigenvalue weighted by Gasteiger charge is 2.22. The Balaban J connectivity index is 0.00000242. The summed E-state index contributed by atoms with van der Waals surface area (Å²) < 4.78 is 0. The molecule has 2 unspecified atom stereocenters. The lowest BCUT2D eigenvalue weighted by Crippen LogP contribution is -2.27. The van der Waals surface area contributed by atoms with Crippen molar-refractivity contribution in [2.45, 2.75) is 19.1 Å². The van der Waals surface area contributed by atoms with E-state index in [2.05, 4.69) is 5.32 Å². The second kappa shape index (κ2) is 8.48. The molecule has 2 N–H and O–H groups in total. The van der Waals surface area contributed by atoms with Gasteiger partial charge in [0.1, 0.15) is 0 Å². The van der Waals surface area contributed by atoms with Crippen molar-refractivity contribution >= 4 is 18.1 Å². The molecule has 6 heteroatoms. The number of aliphatic hydroxyl groups is 1. The summed E-state index contributed by atoms with van der Waals surface area (Å²) in [5, 5.41) is 24.5. The number of benzene rings is 2. The summed E-state index contributed by atoms with van der Waals surface area (Å²) in [6, 6.07) is 15.3. The lowest BCUT2D eigenvalue weighted by molar-refractivity contribution is -0.384. The average molecular weight is 323 g/mol. The molecule has 0 fully saturated rings. The topological polar surface area (TPSA) is 75.4 Å². The summed E-state index contributed by atoms with van der Waals surface area (Å²) in [4.78, 5) is 10.3. The number of aliphatic hydroxyl groups excluding tert-OH is 1. The van der Waals surface area contributed by atoms with E-state index in [0.29, 0.717) is 6.54 Å². The number of hydrogen-bond donors (Lipinski definition) is 2. The van der Waals surface area contributed by atoms with Crippen molar-refractivity contribution in [1.29, 1.82) is 0 Å². The molecule has 0 aromatic heterocycles. The fourth-order valence-electron chi connectivity index (χ4n) is 2.28. The highest BCUT2D eigenvalue weighted by Crippen LogP contribution is 2.29. The first-order valence-electron chi connectivity index (χ1n) is 6.84. The van der Waals surface area contributed by atoms with Crippen molar-refractivity contribution in [3.8, 4) is 0 Å². The molecule has 0 amide bonds. The molecule has 0 heterocycles. The molecule has 2 aromatic rings. The first kappa shape index (κ1) is 18.1. The fourth-order valence-corrected chi connectivity index (χ4v) is 2.28. The van der Waals surface area contributed by atoms with E-state index in [0.717, 1.165) is 11.1 Å². The summed E-state index contributed by atoms with van der Waals surface area (Å²) in [5.41, 5.74) is 1.67. The van der Waals surface area contributed by atoms with Gasteiger partial charge in [-0.15, -0.1) is 12.4 Å². The van der Waals surface area contributed by atoms with E-state index in [1.54, 1.807) is 12.1 Å². The average Bonchev–Trinajstić information content (AvgIpc) is 2.53. The first-order valence-corrected chi connectivity index (χ1v) is 6.84. The van der Waals surface area contributed by atoms with Gasteiger partial charge in [-0.2, -0.15) is 0 Å². The molecule has 0 aliphatic carbocycles. The molecule has 0 saturated heterocycles. The molecule has 22 heavy (non-hydrogen) atoms. The summed E-state index contributed by atoms with van der Waals surface area (Å²) >= 11 is 0. The Morgan fingerprint density at radius 3 is 2.18 bits per heavy atom. The number of nitro benzene ring substituents is 1. The van der Waals surface area contributed by atoms with Crippen molar-refractivity contribution in [1.82, 2.24) is 5.32 Å². The van der Waals surface area contributed by atoms with Crippen LogP contribution >= 0.6 is 12.4 Å². The second-order valence-electron chi connectivity index (χ2n) is 4.74. The molecule has 0 bridgehead atoms. The van der Waals surface area contributed by atoms with Crippen LogP contribution < -0.4 is 5.32 Å². The zero-order valence-electron chi connectivity index (χ0n) is 12.2. The molecule has 2 aromatic carbocycles. The van der Waals surface area contributed by atoms with Crippen molar-refractivity contribution in [2.75, 3.05) is 6.54 Å². The molecule has 0 saturated carbocycles. The highest BCUT2D eigenvalue weighted by molar-refractivity contribution is 5.85. The minimum Gasteiger partial charge on any atom is -0.386 e. The van der Waals surface area contributed by atoms with Gasteiger partial charge >= 0.3 is 0 Å². The quantitative estimate of drug-likeness (QED) is 0.631. The lowest BCUT2D eigenvalue weighted by atomic mass is 9.95. The van der Waals surface area contributed by atoms with E-state index in [-0.39, 0.29) is 24.1 Å². The predicted octanol–water partition coefficient (Wildman–Crippen LogP) is 3.40. The van der Waals surface area contributed by atoms with Gasteiger partial charge in [-0.25, -0.2) is 0 Å². The van der Waals surface area contributed by atoms with Crippen LogP contribution in [0.15, 0.2) is 54.6 Å². The van der Waals surface area contributed by atoms with Crippen LogP contribution in [-0.4, -0.2) is 16.6 Å². The third kappa shape index (κ3) is 4.27. The zero-order valence-corrected chi connectivity index (χ0v) is 13.0. The van der Waals surface area contributed by atoms with Crippen LogP contribution in [0.5, 0.6) is 0 Å². The summed E-state index contributed by atoms with van der Waals surface area (Å²) in [5.74, 6) is 0. The van der Waals surface area contributed by atoms with E-state index in [4.69, 9.17) is 0 Å². The van der Waals surface area contributed by atoms with Crippen LogP contribution in [0.25, 0.3) is 0 Å². The van der Waals surface area contributed by atoms with E-state index in [1.807, 2.05) is 37.3 Å². The van der Waals surface area contributed by atoms with E-state index in [1.165, 1.54) is 12.1 Å². The van der Waals surface area contributed by atoms with Crippen LogP contribution in [0, 0.1) is 10.1 Å². The minimum absolute atomic E-state index is 0. The zero-order chi connectivity index (χ0) is 15.2. The summed E-state index contributed by atoms with van der Waals surface area (Å²) in [6.07, 6.45) is -0.715. The second-order valence-corrected chi connectivity index (χ2v) is 4.74. The van der Waals surface area contributed by atoms with Crippen molar-refractivity contribution in [3.63, 3.8) is 0 Å². The van der Waals surface area contributed by atoms with Gasteiger partial charge in [-0.05, 0) is 17.7 Å². The highest BCUT2D eigenvalue weighted by atomic mass is 35.5. The number of non-ortho nitro benzene ring substituents is 1. The molecule has 0 radical (unpaired) electrons. The molecular formula is C16H19ClN2O3. The number of halogens is 1. The van der Waals surface area contributed by atoms with Gasteiger partial charge in [0, 0.05) is 12.1 Å². The first-order chi connectivity index (χ1) is 10.1. The van der Waals surface area contributed by atoms with Gasteiger partial charge in [0.25, 0.3) is 5.69 Å². The van der Waals surface area contributed by atoms with Crippen LogP contribution in [-0.2, 0) is 0 Å². The third-order valence-electron chi connectivity index (χ3n) is 3.34. The van der Waals surface area contributed by atoms with Crippen LogP contribution in [0.4, 0.5) is 5.69 Å². The predicted molar refractivity (Wildman–Crippen MR) is 88.2 cm³/mol. The molecule has 0 aliphatic rings. The number of likely N-dealkylation sites (N-methyl/N-ethyl adjacent to an activating group) is 1. The Hall–Kier alpha value is -1.95. The Morgan fingerprint density at radius 1 is 1.09 bits per heavy atom.